The van der Waals surface area contributed by atoms with Gasteiger partial charge in [-0.25, -0.2) is 4.98 Å². The Morgan fingerprint density at radius 3 is 2.25 bits per heavy atom. The van der Waals surface area contributed by atoms with Crippen LogP contribution in [0.5, 0.6) is 0 Å². The van der Waals surface area contributed by atoms with Gasteiger partial charge in [0.1, 0.15) is 5.82 Å². The molecule has 24 heavy (non-hydrogen) atoms. The molecular formula is C19H26N4O. The van der Waals surface area contributed by atoms with Gasteiger partial charge in [0.15, 0.2) is 0 Å². The Labute approximate surface area is 144 Å². The smallest absolute Gasteiger partial charge is 0.147 e. The molecule has 2 heterocycles. The van der Waals surface area contributed by atoms with Crippen LogP contribution >= 0.6 is 0 Å². The highest BCUT2D eigenvalue weighted by atomic mass is 16.3. The van der Waals surface area contributed by atoms with Crippen LogP contribution in [0, 0.1) is 0 Å². The molecule has 5 heteroatoms. The first-order valence-electron chi connectivity index (χ1n) is 8.64. The van der Waals surface area contributed by atoms with Crippen molar-refractivity contribution in [2.24, 2.45) is 0 Å². The minimum absolute atomic E-state index is 0.436. The standard InChI is InChI=1S/C19H26N4O/c1-15(2)16-3-5-17(6-4-16)18(24)14-22-9-11-23(12-10-22)19-13-20-7-8-21-19/h3-8,13,15,18,24H,9-12,14H2,1-2H3/t18-/m0/s1. The lowest BCUT2D eigenvalue weighted by Crippen LogP contribution is -2.47. The summed E-state index contributed by atoms with van der Waals surface area (Å²) < 4.78 is 0. The van der Waals surface area contributed by atoms with Crippen molar-refractivity contribution in [2.75, 3.05) is 37.6 Å². The number of hydrogen-bond donors (Lipinski definition) is 1. The monoisotopic (exact) mass is 326 g/mol. The molecule has 0 amide bonds. The maximum atomic E-state index is 10.5. The second kappa shape index (κ2) is 7.73. The molecule has 0 unspecified atom stereocenters. The zero-order valence-corrected chi connectivity index (χ0v) is 14.5. The molecule has 1 aromatic carbocycles. The van der Waals surface area contributed by atoms with Crippen LogP contribution in [-0.4, -0.2) is 52.7 Å². The summed E-state index contributed by atoms with van der Waals surface area (Å²) in [5.41, 5.74) is 2.30. The van der Waals surface area contributed by atoms with Gasteiger partial charge in [0.2, 0.25) is 0 Å². The summed E-state index contributed by atoms with van der Waals surface area (Å²) in [5, 5.41) is 10.5. The van der Waals surface area contributed by atoms with E-state index in [2.05, 4.69) is 57.9 Å². The molecule has 2 aromatic rings. The molecular weight excluding hydrogens is 300 g/mol. The summed E-state index contributed by atoms with van der Waals surface area (Å²) in [7, 11) is 0. The maximum absolute atomic E-state index is 10.5. The number of aliphatic hydroxyl groups is 1. The average molecular weight is 326 g/mol. The van der Waals surface area contributed by atoms with Crippen LogP contribution < -0.4 is 4.90 Å². The summed E-state index contributed by atoms with van der Waals surface area (Å²) in [4.78, 5) is 13.0. The van der Waals surface area contributed by atoms with E-state index in [0.29, 0.717) is 12.5 Å². The summed E-state index contributed by atoms with van der Waals surface area (Å²) in [6, 6.07) is 8.34. The molecule has 0 spiro atoms. The van der Waals surface area contributed by atoms with E-state index < -0.39 is 6.10 Å². The van der Waals surface area contributed by atoms with Gasteiger partial charge < -0.3 is 10.0 Å². The van der Waals surface area contributed by atoms with Gasteiger partial charge in [0.05, 0.1) is 12.3 Å². The summed E-state index contributed by atoms with van der Waals surface area (Å²) >= 11 is 0. The lowest BCUT2D eigenvalue weighted by molar-refractivity contribution is 0.109. The van der Waals surface area contributed by atoms with E-state index in [1.807, 2.05) is 0 Å². The van der Waals surface area contributed by atoms with Crippen LogP contribution in [0.25, 0.3) is 0 Å². The third-order valence-electron chi connectivity index (χ3n) is 4.66. The van der Waals surface area contributed by atoms with E-state index in [1.54, 1.807) is 18.6 Å². The SMILES string of the molecule is CC(C)c1ccc([C@@H](O)CN2CCN(c3cnccn3)CC2)cc1. The molecule has 1 aliphatic heterocycles. The number of rotatable bonds is 5. The Morgan fingerprint density at radius 2 is 1.67 bits per heavy atom. The maximum Gasteiger partial charge on any atom is 0.147 e. The fourth-order valence-electron chi connectivity index (χ4n) is 3.07. The van der Waals surface area contributed by atoms with Crippen molar-refractivity contribution < 1.29 is 5.11 Å². The molecule has 3 rings (SSSR count). The van der Waals surface area contributed by atoms with E-state index in [4.69, 9.17) is 0 Å². The van der Waals surface area contributed by atoms with Gasteiger partial charge in [-0.1, -0.05) is 38.1 Å². The second-order valence-electron chi connectivity index (χ2n) is 6.69. The highest BCUT2D eigenvalue weighted by Crippen LogP contribution is 2.20. The van der Waals surface area contributed by atoms with Crippen molar-refractivity contribution in [3.63, 3.8) is 0 Å². The summed E-state index contributed by atoms with van der Waals surface area (Å²) in [6.07, 6.45) is 4.79. The predicted molar refractivity (Wildman–Crippen MR) is 96.2 cm³/mol. The molecule has 0 saturated carbocycles. The topological polar surface area (TPSA) is 52.5 Å². The number of aliphatic hydroxyl groups excluding tert-OH is 1. The Balaban J connectivity index is 1.52. The quantitative estimate of drug-likeness (QED) is 0.915. The molecule has 0 aliphatic carbocycles. The number of nitrogens with zero attached hydrogens (tertiary/aromatic N) is 4. The van der Waals surface area contributed by atoms with Crippen molar-refractivity contribution in [3.05, 3.63) is 54.0 Å². The predicted octanol–water partition coefficient (Wildman–Crippen LogP) is 2.46. The van der Waals surface area contributed by atoms with E-state index in [0.717, 1.165) is 37.6 Å². The molecule has 1 atom stereocenters. The Hall–Kier alpha value is -1.98. The van der Waals surface area contributed by atoms with Gasteiger partial charge in [0.25, 0.3) is 0 Å². The largest absolute Gasteiger partial charge is 0.387 e. The number of β-amino-alcohol motifs (C(OH)–C–C–N with tert-alkyl or cyclic N) is 1. The first kappa shape index (κ1) is 16.9. The van der Waals surface area contributed by atoms with Gasteiger partial charge in [-0.2, -0.15) is 0 Å². The van der Waals surface area contributed by atoms with E-state index in [-0.39, 0.29) is 0 Å². The van der Waals surface area contributed by atoms with Crippen LogP contribution in [0.2, 0.25) is 0 Å². The molecule has 1 aromatic heterocycles. The van der Waals surface area contributed by atoms with Crippen molar-refractivity contribution in [1.29, 1.82) is 0 Å². The third-order valence-corrected chi connectivity index (χ3v) is 4.66. The molecule has 1 saturated heterocycles. The molecule has 0 bridgehead atoms. The van der Waals surface area contributed by atoms with Crippen LogP contribution in [0.15, 0.2) is 42.9 Å². The van der Waals surface area contributed by atoms with Gasteiger partial charge in [-0.15, -0.1) is 0 Å². The molecule has 1 aliphatic rings. The lowest BCUT2D eigenvalue weighted by atomic mass is 10.00. The molecule has 5 nitrogen and oxygen atoms in total. The fourth-order valence-corrected chi connectivity index (χ4v) is 3.07. The Kier molecular flexibility index (Phi) is 5.43. The van der Waals surface area contributed by atoms with Crippen molar-refractivity contribution in [1.82, 2.24) is 14.9 Å². The van der Waals surface area contributed by atoms with Crippen LogP contribution in [0.3, 0.4) is 0 Å². The first-order valence-corrected chi connectivity index (χ1v) is 8.64. The Morgan fingerprint density at radius 1 is 1.00 bits per heavy atom. The van der Waals surface area contributed by atoms with E-state index >= 15 is 0 Å². The fraction of sp³-hybridized carbons (Fsp3) is 0.474. The van der Waals surface area contributed by atoms with Crippen molar-refractivity contribution in [3.8, 4) is 0 Å². The number of anilines is 1. The number of hydrogen-bond acceptors (Lipinski definition) is 5. The summed E-state index contributed by atoms with van der Waals surface area (Å²) in [6.45, 7) is 8.73. The summed E-state index contributed by atoms with van der Waals surface area (Å²) in [5.74, 6) is 1.45. The van der Waals surface area contributed by atoms with Gasteiger partial charge >= 0.3 is 0 Å². The zero-order chi connectivity index (χ0) is 16.9. The lowest BCUT2D eigenvalue weighted by Gasteiger charge is -2.36. The zero-order valence-electron chi connectivity index (χ0n) is 14.5. The third kappa shape index (κ3) is 4.10. The molecule has 1 N–H and O–H groups in total. The molecule has 0 radical (unpaired) electrons. The van der Waals surface area contributed by atoms with E-state index in [9.17, 15) is 5.11 Å². The molecule has 1 fully saturated rings. The van der Waals surface area contributed by atoms with Gasteiger partial charge in [-0.05, 0) is 17.0 Å². The number of piperazine rings is 1. The minimum atomic E-state index is -0.436. The van der Waals surface area contributed by atoms with E-state index in [1.165, 1.54) is 5.56 Å². The van der Waals surface area contributed by atoms with Crippen molar-refractivity contribution >= 4 is 5.82 Å². The second-order valence-corrected chi connectivity index (χ2v) is 6.69. The number of aromatic nitrogens is 2. The number of benzene rings is 1. The van der Waals surface area contributed by atoms with Crippen LogP contribution in [-0.2, 0) is 0 Å². The molecule has 128 valence electrons. The van der Waals surface area contributed by atoms with Gasteiger partial charge in [0, 0.05) is 45.1 Å². The van der Waals surface area contributed by atoms with Crippen LogP contribution in [0.1, 0.15) is 37.0 Å². The minimum Gasteiger partial charge on any atom is -0.387 e. The first-order chi connectivity index (χ1) is 11.6. The highest BCUT2D eigenvalue weighted by molar-refractivity contribution is 5.35. The van der Waals surface area contributed by atoms with Crippen LogP contribution in [0.4, 0.5) is 5.82 Å². The van der Waals surface area contributed by atoms with Crippen molar-refractivity contribution in [2.45, 2.75) is 25.9 Å². The van der Waals surface area contributed by atoms with Gasteiger partial charge in [-0.3, -0.25) is 9.88 Å². The average Bonchev–Trinajstić information content (AvgIpc) is 2.63. The Bertz CT molecular complexity index is 622. The normalized spacial score (nSPS) is 17.2. The highest BCUT2D eigenvalue weighted by Gasteiger charge is 2.20.